The van der Waals surface area contributed by atoms with Crippen LogP contribution in [0.15, 0.2) is 0 Å². The Bertz CT molecular complexity index is 164. The van der Waals surface area contributed by atoms with Crippen LogP contribution < -0.4 is 39.9 Å². The lowest BCUT2D eigenvalue weighted by molar-refractivity contribution is -0.362. The van der Waals surface area contributed by atoms with Gasteiger partial charge in [0.05, 0.1) is 7.11 Å². The first-order chi connectivity index (χ1) is 6.80. The van der Waals surface area contributed by atoms with Gasteiger partial charge in [-0.3, -0.25) is 4.18 Å². The minimum atomic E-state index is -4.41. The van der Waals surface area contributed by atoms with E-state index in [1.807, 2.05) is 0 Å². The molecule has 11 nitrogen and oxygen atoms in total. The molecule has 12 heteroatoms. The average Bonchev–Trinajstić information content (AvgIpc) is 2.07. The van der Waals surface area contributed by atoms with Gasteiger partial charge in [-0.2, -0.15) is 0 Å². The summed E-state index contributed by atoms with van der Waals surface area (Å²) in [7, 11) is -3.60. The zero-order chi connectivity index (χ0) is 13.3. The van der Waals surface area contributed by atoms with Crippen LogP contribution in [-0.2, 0) is 14.6 Å². The van der Waals surface area contributed by atoms with Gasteiger partial charge in [-0.15, -0.1) is 19.8 Å². The highest BCUT2D eigenvalue weighted by Crippen LogP contribution is 1.74. The Morgan fingerprint density at radius 2 is 0.842 bits per heavy atom. The summed E-state index contributed by atoms with van der Waals surface area (Å²) in [6.07, 6.45) is 0. The molecule has 0 aromatic heterocycles. The largest absolute Gasteiger partial charge is 0.855 e. The molecule has 0 saturated carbocycles. The highest BCUT2D eigenvalue weighted by Gasteiger charge is 1.79. The van der Waals surface area contributed by atoms with Gasteiger partial charge in [0.1, 0.15) is 0 Å². The van der Waals surface area contributed by atoms with Crippen molar-refractivity contribution in [3.05, 3.63) is 0 Å². The maximum atomic E-state index is 9.22. The van der Waals surface area contributed by atoms with Crippen molar-refractivity contribution in [1.29, 1.82) is 0 Å². The molecule has 0 heterocycles. The van der Waals surface area contributed by atoms with Crippen molar-refractivity contribution in [2.45, 2.75) is 20.8 Å². The van der Waals surface area contributed by atoms with Gasteiger partial charge < -0.3 is 44.5 Å². The SMILES string of the molecule is CC[O-].CC[O-].CC[O-].COS(=O)(=O)[O-].[NH4+].[NH4+].[NH4+].[NH4+]. The molecule has 0 aliphatic heterocycles. The van der Waals surface area contributed by atoms with E-state index in [9.17, 15) is 13.0 Å². The molecule has 0 aliphatic carbocycles. The molecule has 0 amide bonds. The molecule has 0 unspecified atom stereocenters. The van der Waals surface area contributed by atoms with Crippen LogP contribution in [0.1, 0.15) is 20.8 Å². The standard InChI is InChI=1S/3C2H5O.CH4O4S.4H3N/c3*1-2-3;1-5-6(2,3)4;;;;/h3*2H2,1H3;1H3,(H,2,3,4);4*1H3/q3*-1;;;;;/p+3. The number of hydrogen-bond acceptors (Lipinski definition) is 7. The number of quaternary nitrogens is 4. The maximum Gasteiger partial charge on any atom is 0.217 e. The zero-order valence-electron chi connectivity index (χ0n) is 13.4. The van der Waals surface area contributed by atoms with Crippen molar-refractivity contribution in [2.75, 3.05) is 26.9 Å². The van der Waals surface area contributed by atoms with E-state index >= 15 is 0 Å². The molecule has 130 valence electrons. The van der Waals surface area contributed by atoms with Crippen molar-refractivity contribution in [2.24, 2.45) is 0 Å². The first-order valence-electron chi connectivity index (χ1n) is 4.06. The van der Waals surface area contributed by atoms with E-state index in [1.54, 1.807) is 20.8 Å². The Morgan fingerprint density at radius 3 is 0.842 bits per heavy atom. The van der Waals surface area contributed by atoms with Crippen molar-refractivity contribution >= 4 is 10.4 Å². The molecule has 0 aromatic rings. The van der Waals surface area contributed by atoms with Gasteiger partial charge >= 0.3 is 0 Å². The highest BCUT2D eigenvalue weighted by atomic mass is 32.3. The lowest BCUT2D eigenvalue weighted by Crippen LogP contribution is -1.97. The smallest absolute Gasteiger partial charge is 0.217 e. The van der Waals surface area contributed by atoms with Gasteiger partial charge in [0.2, 0.25) is 10.4 Å². The van der Waals surface area contributed by atoms with Gasteiger partial charge in [-0.25, -0.2) is 8.42 Å². The van der Waals surface area contributed by atoms with E-state index < -0.39 is 10.4 Å². The third kappa shape index (κ3) is 637. The fourth-order valence-electron chi connectivity index (χ4n) is 0. The summed E-state index contributed by atoms with van der Waals surface area (Å²) in [4.78, 5) is 0. The summed E-state index contributed by atoms with van der Waals surface area (Å²) in [5, 5.41) is 26.8. The third-order valence-corrected chi connectivity index (χ3v) is 0.612. The molecule has 0 spiro atoms. The van der Waals surface area contributed by atoms with Gasteiger partial charge in [0, 0.05) is 0 Å². The predicted molar refractivity (Wildman–Crippen MR) is 72.3 cm³/mol. The van der Waals surface area contributed by atoms with E-state index in [2.05, 4.69) is 4.18 Å². The van der Waals surface area contributed by atoms with Crippen LogP contribution in [0.2, 0.25) is 0 Å². The van der Waals surface area contributed by atoms with E-state index in [0.29, 0.717) is 0 Å². The Morgan fingerprint density at radius 1 is 0.789 bits per heavy atom. The second-order valence-electron chi connectivity index (χ2n) is 1.44. The first kappa shape index (κ1) is 51.3. The highest BCUT2D eigenvalue weighted by molar-refractivity contribution is 7.80. The number of hydrogen-bond donors (Lipinski definition) is 4. The van der Waals surface area contributed by atoms with E-state index in [4.69, 9.17) is 15.3 Å². The van der Waals surface area contributed by atoms with Crippen LogP contribution in [0.3, 0.4) is 0 Å². The molecule has 0 radical (unpaired) electrons. The Kier molecular flexibility index (Phi) is 142. The van der Waals surface area contributed by atoms with E-state index in [1.165, 1.54) is 0 Å². The molecule has 19 heavy (non-hydrogen) atoms. The topological polar surface area (TPSA) is 282 Å². The Hall–Kier alpha value is -0.410. The van der Waals surface area contributed by atoms with Crippen molar-refractivity contribution in [3.63, 3.8) is 0 Å². The third-order valence-electron chi connectivity index (χ3n) is 0.204. The van der Waals surface area contributed by atoms with E-state index in [0.717, 1.165) is 7.11 Å². The van der Waals surface area contributed by atoms with Crippen molar-refractivity contribution in [3.8, 4) is 0 Å². The lowest BCUT2D eigenvalue weighted by atomic mass is 10.9. The summed E-state index contributed by atoms with van der Waals surface area (Å²) in [6, 6.07) is 0. The second-order valence-corrected chi connectivity index (χ2v) is 2.59. The monoisotopic (exact) mass is 318 g/mol. The van der Waals surface area contributed by atoms with Crippen molar-refractivity contribution in [1.82, 2.24) is 24.6 Å². The Balaban J connectivity index is -0.0000000139. The summed E-state index contributed by atoms with van der Waals surface area (Å²) < 4.78 is 31.0. The molecule has 0 saturated heterocycles. The second kappa shape index (κ2) is 52.6. The summed E-state index contributed by atoms with van der Waals surface area (Å²) >= 11 is 0. The van der Waals surface area contributed by atoms with Crippen LogP contribution >= 0.6 is 0 Å². The van der Waals surface area contributed by atoms with Crippen molar-refractivity contribution < 1.29 is 32.5 Å². The lowest BCUT2D eigenvalue weighted by Gasteiger charge is -1.98. The average molecular weight is 318 g/mol. The fraction of sp³-hybridized carbons (Fsp3) is 1.00. The molecule has 0 aromatic carbocycles. The minimum Gasteiger partial charge on any atom is -0.855 e. The molecule has 0 atom stereocenters. The normalized spacial score (nSPS) is 6.53. The van der Waals surface area contributed by atoms with Gasteiger partial charge in [-0.05, 0) is 0 Å². The van der Waals surface area contributed by atoms with Crippen LogP contribution in [-0.4, -0.2) is 39.9 Å². The molecule has 0 bridgehead atoms. The zero-order valence-corrected chi connectivity index (χ0v) is 14.2. The molecule has 16 N–H and O–H groups in total. The van der Waals surface area contributed by atoms with E-state index in [-0.39, 0.29) is 44.4 Å². The number of rotatable bonds is 1. The van der Waals surface area contributed by atoms with Crippen LogP contribution in [0.4, 0.5) is 0 Å². The summed E-state index contributed by atoms with van der Waals surface area (Å²) in [5.74, 6) is 0. The minimum absolute atomic E-state index is 0. The molecular formula is C7H34N4O7S. The van der Waals surface area contributed by atoms with Crippen LogP contribution in [0.25, 0.3) is 0 Å². The maximum absolute atomic E-state index is 9.22. The fourth-order valence-corrected chi connectivity index (χ4v) is 0. The van der Waals surface area contributed by atoms with Gasteiger partial charge in [0.15, 0.2) is 0 Å². The summed E-state index contributed by atoms with van der Waals surface area (Å²) in [6.45, 7) is 4.71. The molecule has 0 rings (SSSR count). The molecular weight excluding hydrogens is 284 g/mol. The quantitative estimate of drug-likeness (QED) is 0.334. The summed E-state index contributed by atoms with van der Waals surface area (Å²) in [5.41, 5.74) is 0. The van der Waals surface area contributed by atoms with Crippen LogP contribution in [0, 0.1) is 0 Å². The first-order valence-corrected chi connectivity index (χ1v) is 5.40. The van der Waals surface area contributed by atoms with Gasteiger partial charge in [-0.1, -0.05) is 20.8 Å². The Labute approximate surface area is 116 Å². The van der Waals surface area contributed by atoms with Crippen LogP contribution in [0.5, 0.6) is 0 Å². The predicted octanol–water partition coefficient (Wildman–Crippen LogP) is -1.30. The molecule has 0 fully saturated rings. The van der Waals surface area contributed by atoms with Gasteiger partial charge in [0.25, 0.3) is 0 Å². The molecule has 0 aliphatic rings.